The Balaban J connectivity index is 1.78. The van der Waals surface area contributed by atoms with Crippen molar-refractivity contribution in [3.8, 4) is 0 Å². The summed E-state index contributed by atoms with van der Waals surface area (Å²) >= 11 is 0. The van der Waals surface area contributed by atoms with E-state index in [1.807, 2.05) is 34.6 Å². The van der Waals surface area contributed by atoms with Crippen LogP contribution in [0, 0.1) is 35.5 Å². The molecule has 0 aromatic heterocycles. The maximum Gasteiger partial charge on any atom is 0.391 e. The topological polar surface area (TPSA) is 259 Å². The Hall–Kier alpha value is -6.04. The number of rotatable bonds is 11. The van der Waals surface area contributed by atoms with Crippen molar-refractivity contribution in [2.45, 2.75) is 238 Å². The van der Waals surface area contributed by atoms with Gasteiger partial charge in [0.15, 0.2) is 0 Å². The lowest BCUT2D eigenvalue weighted by Gasteiger charge is -2.38. The number of hydrogen-bond acceptors (Lipinski definition) is 11. The number of carbonyl (C=O) groups is 11. The first-order valence-corrected chi connectivity index (χ1v) is 32.6. The van der Waals surface area contributed by atoms with Crippen LogP contribution in [0.4, 0.5) is 13.2 Å². The van der Waals surface area contributed by atoms with Gasteiger partial charge in [-0.2, -0.15) is 13.2 Å². The standard InChI is InChI=1S/C64H108F3N11O11/c1-16-41(6)55-61(88)74(12)37-53(81)72(10)38-54(82)75(13)50(35-44-22-18-17-19-23-44)60(87)73(11)36-51(79)69-46(30-27-43-25-28-45(29-26-43)64(65,66)67)59(86)76(14)49(33-40(4)5)58(85)71-63(8,9)62(89)77(15)48(32-39(2)3)57(84)68-42(7)34-52(80)78-31-21-20-24-47(78)56(83)70-55/h39-50,55H,16-38H2,1-15H3,(H,68,84)(H,69,79)(H,70,83)(H,71,85)/t41-,42+,43?,45?,46-,47-,48-,49-,50-,55-/m0/s1. The van der Waals surface area contributed by atoms with Gasteiger partial charge < -0.3 is 55.6 Å². The Labute approximate surface area is 526 Å². The van der Waals surface area contributed by atoms with E-state index in [4.69, 9.17) is 0 Å². The molecular weight excluding hydrogens is 1160 g/mol. The Morgan fingerprint density at radius 3 is 1.69 bits per heavy atom. The highest BCUT2D eigenvalue weighted by molar-refractivity contribution is 5.98. The maximum atomic E-state index is 15.0. The van der Waals surface area contributed by atoms with Gasteiger partial charge in [-0.3, -0.25) is 52.7 Å². The highest BCUT2D eigenvalue weighted by Gasteiger charge is 2.45. The summed E-state index contributed by atoms with van der Waals surface area (Å²) < 4.78 is 41.2. The summed E-state index contributed by atoms with van der Waals surface area (Å²) in [7, 11) is 8.51. The van der Waals surface area contributed by atoms with Crippen LogP contribution in [-0.2, 0) is 52.7 Å². The molecule has 2 saturated carbocycles. The van der Waals surface area contributed by atoms with Crippen LogP contribution in [0.25, 0.3) is 0 Å². The van der Waals surface area contributed by atoms with E-state index in [-0.39, 0.29) is 94.4 Å². The minimum Gasteiger partial charge on any atom is -0.351 e. The zero-order chi connectivity index (χ0) is 67.0. The summed E-state index contributed by atoms with van der Waals surface area (Å²) in [5, 5.41) is 11.4. The van der Waals surface area contributed by atoms with E-state index in [0.29, 0.717) is 25.7 Å². The number of likely N-dealkylation sites (N-methyl/N-ethyl adjacent to an activating group) is 6. The molecule has 25 heteroatoms. The largest absolute Gasteiger partial charge is 0.391 e. The Morgan fingerprint density at radius 1 is 0.551 bits per heavy atom. The van der Waals surface area contributed by atoms with Gasteiger partial charge in [0.1, 0.15) is 41.8 Å². The number of nitrogens with zero attached hydrogens (tertiary/aromatic N) is 7. The molecule has 89 heavy (non-hydrogen) atoms. The Kier molecular flexibility index (Phi) is 28.7. The molecule has 4 rings (SSSR count). The summed E-state index contributed by atoms with van der Waals surface area (Å²) in [6, 6.07) is -7.54. The van der Waals surface area contributed by atoms with E-state index in [2.05, 4.69) is 21.3 Å². The first-order chi connectivity index (χ1) is 41.5. The zero-order valence-corrected chi connectivity index (χ0v) is 56.0. The predicted molar refractivity (Wildman–Crippen MR) is 331 cm³/mol. The predicted octanol–water partition coefficient (Wildman–Crippen LogP) is 5.25. The molecule has 0 spiro atoms. The number of fused-ring (bicyclic) bond motifs is 1. The van der Waals surface area contributed by atoms with E-state index < -0.39 is 150 Å². The summed E-state index contributed by atoms with van der Waals surface area (Å²) in [4.78, 5) is 167. The van der Waals surface area contributed by atoms with Crippen molar-refractivity contribution in [2.24, 2.45) is 35.5 Å². The van der Waals surface area contributed by atoms with Gasteiger partial charge in [-0.05, 0) is 127 Å². The molecule has 0 unspecified atom stereocenters. The van der Waals surface area contributed by atoms with Gasteiger partial charge in [0.05, 0.1) is 25.6 Å². The van der Waals surface area contributed by atoms with Gasteiger partial charge >= 0.3 is 6.18 Å². The Bertz CT molecular complexity index is 2470. The second-order valence-electron chi connectivity index (χ2n) is 27.7. The first kappa shape index (κ1) is 75.4. The molecule has 0 radical (unpaired) electrons. The molecule has 11 amide bonds. The van der Waals surface area contributed by atoms with E-state index in [9.17, 15) is 65.9 Å². The van der Waals surface area contributed by atoms with Crippen LogP contribution < -0.4 is 21.3 Å². The molecule has 2 aliphatic heterocycles. The first-order valence-electron chi connectivity index (χ1n) is 32.6. The zero-order valence-electron chi connectivity index (χ0n) is 56.0. The number of amides is 11. The monoisotopic (exact) mass is 1260 g/mol. The van der Waals surface area contributed by atoms with Crippen LogP contribution in [0.3, 0.4) is 0 Å². The molecule has 4 N–H and O–H groups in total. The molecule has 2 heterocycles. The van der Waals surface area contributed by atoms with Crippen molar-refractivity contribution in [1.29, 1.82) is 0 Å². The number of halogens is 3. The number of piperidine rings is 1. The molecule has 0 aromatic rings. The lowest BCUT2D eigenvalue weighted by atomic mass is 9.79. The molecule has 4 fully saturated rings. The quantitative estimate of drug-likeness (QED) is 0.208. The summed E-state index contributed by atoms with van der Waals surface area (Å²) in [5.74, 6) is -9.03. The second-order valence-corrected chi connectivity index (χ2v) is 27.7. The summed E-state index contributed by atoms with van der Waals surface area (Å²) in [6.45, 7) is 14.4. The van der Waals surface area contributed by atoms with Gasteiger partial charge in [-0.15, -0.1) is 0 Å². The molecule has 506 valence electrons. The minimum absolute atomic E-state index is 0.0175. The smallest absolute Gasteiger partial charge is 0.351 e. The highest BCUT2D eigenvalue weighted by atomic mass is 19.4. The van der Waals surface area contributed by atoms with Crippen molar-refractivity contribution < 1.29 is 65.9 Å². The molecule has 0 bridgehead atoms. The third-order valence-electron chi connectivity index (χ3n) is 18.9. The highest BCUT2D eigenvalue weighted by Crippen LogP contribution is 2.41. The van der Waals surface area contributed by atoms with Crippen LogP contribution in [0.5, 0.6) is 0 Å². The van der Waals surface area contributed by atoms with Gasteiger partial charge in [-0.1, -0.05) is 80.1 Å². The van der Waals surface area contributed by atoms with Crippen molar-refractivity contribution >= 4 is 65.0 Å². The van der Waals surface area contributed by atoms with Crippen LogP contribution in [0.15, 0.2) is 0 Å². The van der Waals surface area contributed by atoms with Crippen molar-refractivity contribution in [3.63, 3.8) is 0 Å². The molecule has 22 nitrogen and oxygen atoms in total. The lowest BCUT2D eigenvalue weighted by Crippen LogP contribution is -2.63. The van der Waals surface area contributed by atoms with Gasteiger partial charge in [0, 0.05) is 61.3 Å². The van der Waals surface area contributed by atoms with Gasteiger partial charge in [0.2, 0.25) is 65.0 Å². The average molecular weight is 1260 g/mol. The molecule has 0 aromatic carbocycles. The minimum atomic E-state index is -4.34. The molecule has 2 saturated heterocycles. The van der Waals surface area contributed by atoms with Crippen LogP contribution in [0.1, 0.15) is 184 Å². The number of nitrogens with one attached hydrogen (secondary N) is 4. The van der Waals surface area contributed by atoms with Crippen LogP contribution >= 0.6 is 0 Å². The summed E-state index contributed by atoms with van der Waals surface area (Å²) in [5.41, 5.74) is -1.68. The average Bonchev–Trinajstić information content (AvgIpc) is 2.44. The molecule has 8 atom stereocenters. The van der Waals surface area contributed by atoms with Gasteiger partial charge in [0.25, 0.3) is 0 Å². The normalized spacial score (nSPS) is 28.6. The fraction of sp³-hybridized carbons (Fsp3) is 0.828. The molecule has 4 aliphatic rings. The SMILES string of the molecule is CC[C@H](C)[C@@H]1NC(=O)[C@@H]2CCCCN2C(=O)C[C@@H](C)NC(=O)[C@H](CC(C)C)N(C)C(=O)C(C)(C)NC(=O)[C@H](CC(C)C)N(C)C(=O)[C@H](CCC2CCC(C(F)(F)F)CC2)NC(=O)CN(C)C(=O)[C@H](CC2CCCCC2)N(C)C(=O)CN(C)C(=O)CN(C)C1=O. The van der Waals surface area contributed by atoms with E-state index in [0.717, 1.165) is 41.9 Å². The van der Waals surface area contributed by atoms with E-state index >= 15 is 0 Å². The lowest BCUT2D eigenvalue weighted by molar-refractivity contribution is -0.184. The Morgan fingerprint density at radius 2 is 1.11 bits per heavy atom. The van der Waals surface area contributed by atoms with Crippen LogP contribution in [0.2, 0.25) is 0 Å². The third kappa shape index (κ3) is 21.8. The molecule has 2 aliphatic carbocycles. The van der Waals surface area contributed by atoms with E-state index in [1.165, 1.54) is 80.6 Å². The number of hydrogen-bond donors (Lipinski definition) is 4. The summed E-state index contributed by atoms with van der Waals surface area (Å²) in [6.07, 6.45) is 3.01. The maximum absolute atomic E-state index is 15.0. The number of carbonyl (C=O) groups excluding carboxylic acids is 11. The number of alkyl halides is 3. The fourth-order valence-corrected chi connectivity index (χ4v) is 13.0. The second kappa shape index (κ2) is 33.9. The van der Waals surface area contributed by atoms with Crippen molar-refractivity contribution in [3.05, 3.63) is 0 Å². The molecular formula is C64H108F3N11O11. The van der Waals surface area contributed by atoms with Crippen molar-refractivity contribution in [2.75, 3.05) is 68.5 Å². The fourth-order valence-electron chi connectivity index (χ4n) is 13.0. The van der Waals surface area contributed by atoms with Crippen molar-refractivity contribution in [1.82, 2.24) is 55.6 Å². The van der Waals surface area contributed by atoms with Crippen LogP contribution in [-0.4, -0.2) is 222 Å². The third-order valence-corrected chi connectivity index (χ3v) is 18.9. The van der Waals surface area contributed by atoms with E-state index in [1.54, 1.807) is 13.8 Å². The van der Waals surface area contributed by atoms with Gasteiger partial charge in [-0.25, -0.2) is 0 Å².